The van der Waals surface area contributed by atoms with Gasteiger partial charge < -0.3 is 26.2 Å². The van der Waals surface area contributed by atoms with Crippen LogP contribution in [-0.2, 0) is 18.4 Å². The van der Waals surface area contributed by atoms with Crippen LogP contribution in [0.25, 0.3) is 0 Å². The Morgan fingerprint density at radius 2 is 1.21 bits per heavy atom. The quantitative estimate of drug-likeness (QED) is 0.0257. The average molecular weight is 687 g/mol. The molecule has 47 heavy (non-hydrogen) atoms. The van der Waals surface area contributed by atoms with E-state index in [1.165, 1.54) is 77.0 Å². The standard InChI is InChI=1S/C37H71N2O7P/c1-3-5-7-9-11-13-15-16-17-19-21-23-25-27-29-36(41)35(33-46-47(43,44)45-31-30-38)39-37(42)32-34(40)28-26-24-22-20-18-14-12-10-8-6-4-2/h13,15,19,21,27,29,34-36,40-41H,3-12,14,16-18,20,22-26,28,30-33,38H2,1-2H3,(H,39,42)(H,43,44)/b15-13+,21-19+,29-27+. The second-order valence-electron chi connectivity index (χ2n) is 12.6. The molecule has 0 aromatic heterocycles. The predicted octanol–water partition coefficient (Wildman–Crippen LogP) is 8.58. The van der Waals surface area contributed by atoms with E-state index in [9.17, 15) is 24.5 Å². The molecule has 0 aliphatic carbocycles. The Labute approximate surface area is 287 Å². The molecule has 0 spiro atoms. The minimum atomic E-state index is -4.40. The van der Waals surface area contributed by atoms with Gasteiger partial charge in [0.2, 0.25) is 5.91 Å². The first-order valence-corrected chi connectivity index (χ1v) is 20.2. The molecule has 0 aromatic carbocycles. The van der Waals surface area contributed by atoms with Crippen LogP contribution in [0.2, 0.25) is 0 Å². The molecule has 0 rings (SSSR count). The smallest absolute Gasteiger partial charge is 0.393 e. The van der Waals surface area contributed by atoms with Gasteiger partial charge in [-0.05, 0) is 44.9 Å². The van der Waals surface area contributed by atoms with Crippen LogP contribution in [0.1, 0.15) is 155 Å². The number of nitrogens with two attached hydrogens (primary N) is 1. The molecule has 0 aliphatic heterocycles. The number of unbranched alkanes of at least 4 members (excludes halogenated alkanes) is 16. The molecule has 10 heteroatoms. The maximum atomic E-state index is 12.7. The zero-order valence-electron chi connectivity index (χ0n) is 29.9. The Kier molecular flexibility index (Phi) is 32.3. The number of phosphoric acid groups is 1. The van der Waals surface area contributed by atoms with Crippen LogP contribution in [0, 0.1) is 0 Å². The van der Waals surface area contributed by atoms with Crippen molar-refractivity contribution in [1.82, 2.24) is 5.32 Å². The van der Waals surface area contributed by atoms with E-state index in [0.29, 0.717) is 12.8 Å². The van der Waals surface area contributed by atoms with Gasteiger partial charge in [0.25, 0.3) is 0 Å². The van der Waals surface area contributed by atoms with E-state index in [1.54, 1.807) is 6.08 Å². The third-order valence-corrected chi connectivity index (χ3v) is 8.99. The maximum Gasteiger partial charge on any atom is 0.472 e. The van der Waals surface area contributed by atoms with Crippen molar-refractivity contribution in [2.45, 2.75) is 173 Å². The van der Waals surface area contributed by atoms with Crippen LogP contribution >= 0.6 is 7.82 Å². The second kappa shape index (κ2) is 33.2. The first-order chi connectivity index (χ1) is 22.8. The summed E-state index contributed by atoms with van der Waals surface area (Å²) < 4.78 is 21.9. The minimum absolute atomic E-state index is 0.0424. The summed E-state index contributed by atoms with van der Waals surface area (Å²) in [5.41, 5.74) is 5.34. The molecule has 0 bridgehead atoms. The summed E-state index contributed by atoms with van der Waals surface area (Å²) in [6.45, 7) is 3.88. The summed E-state index contributed by atoms with van der Waals surface area (Å²) in [5, 5.41) is 23.9. The zero-order valence-corrected chi connectivity index (χ0v) is 30.8. The van der Waals surface area contributed by atoms with Crippen LogP contribution in [0.15, 0.2) is 36.5 Å². The van der Waals surface area contributed by atoms with Crippen molar-refractivity contribution in [2.75, 3.05) is 19.8 Å². The highest BCUT2D eigenvalue weighted by molar-refractivity contribution is 7.47. The molecular formula is C37H71N2O7P. The van der Waals surface area contributed by atoms with E-state index in [2.05, 4.69) is 43.5 Å². The Bertz CT molecular complexity index is 853. The number of hydrogen-bond donors (Lipinski definition) is 5. The highest BCUT2D eigenvalue weighted by atomic mass is 31.2. The number of nitrogens with one attached hydrogen (secondary N) is 1. The van der Waals surface area contributed by atoms with Gasteiger partial charge >= 0.3 is 7.82 Å². The SMILES string of the molecule is CCCCCC/C=C/CC/C=C/CC/C=C/C(O)C(COP(=O)(O)OCCN)NC(=O)CC(O)CCCCCCCCCCCCC. The molecule has 0 fully saturated rings. The van der Waals surface area contributed by atoms with Gasteiger partial charge in [0.1, 0.15) is 0 Å². The molecule has 6 N–H and O–H groups in total. The maximum absolute atomic E-state index is 12.7. The van der Waals surface area contributed by atoms with Crippen molar-refractivity contribution in [3.63, 3.8) is 0 Å². The van der Waals surface area contributed by atoms with E-state index in [1.807, 2.05) is 6.08 Å². The average Bonchev–Trinajstić information content (AvgIpc) is 3.04. The Balaban J connectivity index is 4.55. The molecule has 9 nitrogen and oxygen atoms in total. The fourth-order valence-corrected chi connectivity index (χ4v) is 5.91. The fourth-order valence-electron chi connectivity index (χ4n) is 5.15. The van der Waals surface area contributed by atoms with Gasteiger partial charge in [0, 0.05) is 6.54 Å². The number of phosphoric ester groups is 1. The van der Waals surface area contributed by atoms with Gasteiger partial charge in [-0.25, -0.2) is 4.57 Å². The van der Waals surface area contributed by atoms with Gasteiger partial charge in [0.05, 0.1) is 37.9 Å². The lowest BCUT2D eigenvalue weighted by atomic mass is 10.0. The van der Waals surface area contributed by atoms with E-state index >= 15 is 0 Å². The largest absolute Gasteiger partial charge is 0.472 e. The Hall–Kier alpha value is -1.32. The minimum Gasteiger partial charge on any atom is -0.393 e. The summed E-state index contributed by atoms with van der Waals surface area (Å²) in [7, 11) is -4.40. The molecule has 1 amide bonds. The lowest BCUT2D eigenvalue weighted by Gasteiger charge is -2.24. The zero-order chi connectivity index (χ0) is 34.9. The molecule has 4 unspecified atom stereocenters. The number of carbonyl (C=O) groups excluding carboxylic acids is 1. The number of allylic oxidation sites excluding steroid dienone is 5. The molecule has 276 valence electrons. The number of aliphatic hydroxyl groups is 2. The second-order valence-corrected chi connectivity index (χ2v) is 14.1. The van der Waals surface area contributed by atoms with Crippen molar-refractivity contribution in [3.05, 3.63) is 36.5 Å². The van der Waals surface area contributed by atoms with E-state index in [0.717, 1.165) is 44.9 Å². The van der Waals surface area contributed by atoms with Crippen LogP contribution in [-0.4, -0.2) is 59.0 Å². The summed E-state index contributed by atoms with van der Waals surface area (Å²) in [4.78, 5) is 22.6. The van der Waals surface area contributed by atoms with Crippen molar-refractivity contribution < 1.29 is 33.5 Å². The first kappa shape index (κ1) is 45.7. The van der Waals surface area contributed by atoms with Gasteiger partial charge in [0.15, 0.2) is 0 Å². The van der Waals surface area contributed by atoms with Crippen LogP contribution in [0.3, 0.4) is 0 Å². The Morgan fingerprint density at radius 1 is 0.723 bits per heavy atom. The number of aliphatic hydroxyl groups excluding tert-OH is 2. The molecule has 0 saturated heterocycles. The van der Waals surface area contributed by atoms with E-state index < -0.39 is 38.6 Å². The highest BCUT2D eigenvalue weighted by Gasteiger charge is 2.27. The van der Waals surface area contributed by atoms with Crippen LogP contribution < -0.4 is 11.1 Å². The van der Waals surface area contributed by atoms with Crippen molar-refractivity contribution >= 4 is 13.7 Å². The first-order valence-electron chi connectivity index (χ1n) is 18.7. The normalized spacial score (nSPS) is 15.4. The summed E-state index contributed by atoms with van der Waals surface area (Å²) >= 11 is 0. The molecule has 0 radical (unpaired) electrons. The number of hydrogen-bond acceptors (Lipinski definition) is 7. The summed E-state index contributed by atoms with van der Waals surface area (Å²) in [6.07, 6.45) is 33.7. The summed E-state index contributed by atoms with van der Waals surface area (Å²) in [6, 6.07) is -1.00. The predicted molar refractivity (Wildman–Crippen MR) is 195 cm³/mol. The van der Waals surface area contributed by atoms with Crippen molar-refractivity contribution in [1.29, 1.82) is 0 Å². The molecule has 0 heterocycles. The van der Waals surface area contributed by atoms with E-state index in [-0.39, 0.29) is 19.6 Å². The number of carbonyl (C=O) groups is 1. The topological polar surface area (TPSA) is 151 Å². The van der Waals surface area contributed by atoms with E-state index in [4.69, 9.17) is 14.8 Å². The van der Waals surface area contributed by atoms with Gasteiger partial charge in [-0.3, -0.25) is 13.8 Å². The van der Waals surface area contributed by atoms with Crippen molar-refractivity contribution in [2.24, 2.45) is 5.73 Å². The monoisotopic (exact) mass is 686 g/mol. The van der Waals surface area contributed by atoms with Gasteiger partial charge in [-0.15, -0.1) is 0 Å². The molecule has 4 atom stereocenters. The summed E-state index contributed by atoms with van der Waals surface area (Å²) in [5.74, 6) is -0.463. The van der Waals surface area contributed by atoms with Gasteiger partial charge in [-0.1, -0.05) is 140 Å². The van der Waals surface area contributed by atoms with Gasteiger partial charge in [-0.2, -0.15) is 0 Å². The highest BCUT2D eigenvalue weighted by Crippen LogP contribution is 2.43. The Morgan fingerprint density at radius 3 is 1.77 bits per heavy atom. The lowest BCUT2D eigenvalue weighted by molar-refractivity contribution is -0.124. The van der Waals surface area contributed by atoms with Crippen LogP contribution in [0.5, 0.6) is 0 Å². The molecule has 0 aromatic rings. The molecule has 0 aliphatic rings. The van der Waals surface area contributed by atoms with Crippen molar-refractivity contribution in [3.8, 4) is 0 Å². The molecule has 0 saturated carbocycles. The number of rotatable bonds is 34. The number of amides is 1. The fraction of sp³-hybridized carbons (Fsp3) is 0.811. The third kappa shape index (κ3) is 31.7. The third-order valence-electron chi connectivity index (χ3n) is 8.00. The molecular weight excluding hydrogens is 615 g/mol. The van der Waals surface area contributed by atoms with Crippen LogP contribution in [0.4, 0.5) is 0 Å². The lowest BCUT2D eigenvalue weighted by Crippen LogP contribution is -2.46.